The lowest BCUT2D eigenvalue weighted by atomic mass is 9.87. The van der Waals surface area contributed by atoms with E-state index in [1.54, 1.807) is 0 Å². The number of rotatable bonds is 4. The monoisotopic (exact) mass is 275 g/mol. The highest BCUT2D eigenvalue weighted by molar-refractivity contribution is 7.89. The zero-order valence-corrected chi connectivity index (χ0v) is 11.5. The Balaban J connectivity index is 2.05. The minimum absolute atomic E-state index is 0.0642. The van der Waals surface area contributed by atoms with Gasteiger partial charge in [0.1, 0.15) is 0 Å². The zero-order valence-electron chi connectivity index (χ0n) is 10.7. The molecule has 18 heavy (non-hydrogen) atoms. The van der Waals surface area contributed by atoms with Crippen molar-refractivity contribution in [1.82, 2.24) is 4.31 Å². The van der Waals surface area contributed by atoms with E-state index in [4.69, 9.17) is 5.11 Å². The van der Waals surface area contributed by atoms with Crippen molar-refractivity contribution in [2.24, 2.45) is 11.8 Å². The maximum Gasteiger partial charge on any atom is 0.307 e. The van der Waals surface area contributed by atoms with Crippen molar-refractivity contribution in [2.75, 3.05) is 12.3 Å². The molecule has 2 unspecified atom stereocenters. The van der Waals surface area contributed by atoms with E-state index in [1.807, 2.05) is 6.92 Å². The van der Waals surface area contributed by atoms with Crippen LogP contribution in [0.3, 0.4) is 0 Å². The average molecular weight is 275 g/mol. The van der Waals surface area contributed by atoms with Crippen molar-refractivity contribution in [2.45, 2.75) is 45.1 Å². The Bertz CT molecular complexity index is 416. The van der Waals surface area contributed by atoms with E-state index >= 15 is 0 Å². The van der Waals surface area contributed by atoms with E-state index < -0.39 is 21.9 Å². The summed E-state index contributed by atoms with van der Waals surface area (Å²) in [6, 6.07) is -0.0642. The SMILES string of the molecule is CC1CCC(C(=O)O)CN1S(=O)(=O)CC1CCC1. The number of hydrogen-bond acceptors (Lipinski definition) is 3. The van der Waals surface area contributed by atoms with Gasteiger partial charge in [0.2, 0.25) is 10.0 Å². The van der Waals surface area contributed by atoms with Crippen LogP contribution in [0.15, 0.2) is 0 Å². The number of carboxylic acid groups (broad SMARTS) is 1. The van der Waals surface area contributed by atoms with Gasteiger partial charge in [0.05, 0.1) is 11.7 Å². The van der Waals surface area contributed by atoms with Crippen molar-refractivity contribution < 1.29 is 18.3 Å². The van der Waals surface area contributed by atoms with Crippen LogP contribution in [0.2, 0.25) is 0 Å². The molecule has 1 heterocycles. The molecule has 0 spiro atoms. The zero-order chi connectivity index (χ0) is 13.3. The fourth-order valence-corrected chi connectivity index (χ4v) is 4.90. The Hall–Kier alpha value is -0.620. The molecule has 104 valence electrons. The average Bonchev–Trinajstić information content (AvgIpc) is 2.24. The number of piperidine rings is 1. The molecule has 0 aromatic carbocycles. The summed E-state index contributed by atoms with van der Waals surface area (Å²) < 4.78 is 26.0. The van der Waals surface area contributed by atoms with Gasteiger partial charge in [-0.15, -0.1) is 0 Å². The van der Waals surface area contributed by atoms with Gasteiger partial charge in [-0.1, -0.05) is 6.42 Å². The summed E-state index contributed by atoms with van der Waals surface area (Å²) in [5.41, 5.74) is 0. The third-order valence-electron chi connectivity index (χ3n) is 4.20. The van der Waals surface area contributed by atoms with Gasteiger partial charge in [-0.25, -0.2) is 8.42 Å². The van der Waals surface area contributed by atoms with Gasteiger partial charge < -0.3 is 5.11 Å². The molecule has 2 atom stereocenters. The maximum atomic E-state index is 12.3. The first kappa shape index (κ1) is 13.8. The van der Waals surface area contributed by atoms with Crippen LogP contribution >= 0.6 is 0 Å². The first-order valence-corrected chi connectivity index (χ1v) is 8.23. The minimum atomic E-state index is -3.29. The van der Waals surface area contributed by atoms with Gasteiger partial charge in [-0.3, -0.25) is 4.79 Å². The molecule has 1 saturated heterocycles. The Morgan fingerprint density at radius 1 is 1.28 bits per heavy atom. The molecule has 1 aliphatic carbocycles. The maximum absolute atomic E-state index is 12.3. The van der Waals surface area contributed by atoms with Crippen molar-refractivity contribution in [3.8, 4) is 0 Å². The lowest BCUT2D eigenvalue weighted by molar-refractivity contribution is -0.143. The van der Waals surface area contributed by atoms with E-state index in [-0.39, 0.29) is 24.3 Å². The van der Waals surface area contributed by atoms with Crippen LogP contribution in [0.1, 0.15) is 39.0 Å². The second-order valence-corrected chi connectivity index (χ2v) is 7.57. The highest BCUT2D eigenvalue weighted by atomic mass is 32.2. The molecule has 0 aromatic rings. The standard InChI is InChI=1S/C12H21NO4S/c1-9-5-6-11(12(14)15)7-13(9)18(16,17)8-10-3-2-4-10/h9-11H,2-8H2,1H3,(H,14,15). The third kappa shape index (κ3) is 2.85. The molecule has 0 aromatic heterocycles. The molecule has 1 N–H and O–H groups in total. The number of carboxylic acids is 1. The Kier molecular flexibility index (Phi) is 3.96. The third-order valence-corrected chi connectivity index (χ3v) is 6.32. The fourth-order valence-electron chi connectivity index (χ4n) is 2.72. The number of nitrogens with zero attached hydrogens (tertiary/aromatic N) is 1. The largest absolute Gasteiger partial charge is 0.481 e. The Morgan fingerprint density at radius 3 is 2.44 bits per heavy atom. The molecule has 2 fully saturated rings. The molecule has 6 heteroatoms. The van der Waals surface area contributed by atoms with Crippen molar-refractivity contribution in [3.63, 3.8) is 0 Å². The van der Waals surface area contributed by atoms with Crippen LogP contribution in [0, 0.1) is 11.8 Å². The first-order chi connectivity index (χ1) is 8.40. The molecule has 2 rings (SSSR count). The summed E-state index contributed by atoms with van der Waals surface area (Å²) in [6.45, 7) is 2.02. The van der Waals surface area contributed by atoms with Crippen molar-refractivity contribution in [3.05, 3.63) is 0 Å². The molecular formula is C12H21NO4S. The van der Waals surface area contributed by atoms with Crippen LogP contribution in [0.25, 0.3) is 0 Å². The number of aliphatic carboxylic acids is 1. The van der Waals surface area contributed by atoms with Crippen LogP contribution in [0.5, 0.6) is 0 Å². The summed E-state index contributed by atoms with van der Waals surface area (Å²) >= 11 is 0. The minimum Gasteiger partial charge on any atom is -0.481 e. The van der Waals surface area contributed by atoms with Gasteiger partial charge in [-0.05, 0) is 38.5 Å². The normalized spacial score (nSPS) is 30.9. The van der Waals surface area contributed by atoms with Crippen LogP contribution < -0.4 is 0 Å². The fraction of sp³-hybridized carbons (Fsp3) is 0.917. The van der Waals surface area contributed by atoms with Crippen molar-refractivity contribution in [1.29, 1.82) is 0 Å². The molecule has 2 aliphatic rings. The van der Waals surface area contributed by atoms with E-state index in [0.29, 0.717) is 12.8 Å². The van der Waals surface area contributed by atoms with Crippen LogP contribution in [0.4, 0.5) is 0 Å². The summed E-state index contributed by atoms with van der Waals surface area (Å²) in [4.78, 5) is 11.0. The highest BCUT2D eigenvalue weighted by Gasteiger charge is 2.38. The van der Waals surface area contributed by atoms with Crippen LogP contribution in [-0.4, -0.2) is 42.1 Å². The molecule has 5 nitrogen and oxygen atoms in total. The molecule has 1 saturated carbocycles. The predicted octanol–water partition coefficient (Wildman–Crippen LogP) is 1.30. The van der Waals surface area contributed by atoms with E-state index in [9.17, 15) is 13.2 Å². The van der Waals surface area contributed by atoms with Crippen LogP contribution in [-0.2, 0) is 14.8 Å². The summed E-state index contributed by atoms with van der Waals surface area (Å²) in [7, 11) is -3.29. The number of carbonyl (C=O) groups is 1. The second kappa shape index (κ2) is 5.17. The summed E-state index contributed by atoms with van der Waals surface area (Å²) in [5.74, 6) is -0.945. The van der Waals surface area contributed by atoms with Gasteiger partial charge in [0.15, 0.2) is 0 Å². The number of sulfonamides is 1. The molecule has 0 bridgehead atoms. The Labute approximate surface area is 108 Å². The first-order valence-electron chi connectivity index (χ1n) is 6.62. The van der Waals surface area contributed by atoms with Gasteiger partial charge >= 0.3 is 5.97 Å². The second-order valence-electron chi connectivity index (χ2n) is 5.61. The van der Waals surface area contributed by atoms with Gasteiger partial charge in [-0.2, -0.15) is 4.31 Å². The summed E-state index contributed by atoms with van der Waals surface area (Å²) in [6.07, 6.45) is 4.31. The molecule has 0 amide bonds. The Morgan fingerprint density at radius 2 is 1.94 bits per heavy atom. The van der Waals surface area contributed by atoms with E-state index in [0.717, 1.165) is 19.3 Å². The molecule has 1 aliphatic heterocycles. The predicted molar refractivity (Wildman–Crippen MR) is 67.7 cm³/mol. The summed E-state index contributed by atoms with van der Waals surface area (Å²) in [5, 5.41) is 9.03. The topological polar surface area (TPSA) is 74.7 Å². The highest BCUT2D eigenvalue weighted by Crippen LogP contribution is 2.31. The molecular weight excluding hydrogens is 254 g/mol. The smallest absolute Gasteiger partial charge is 0.307 e. The van der Waals surface area contributed by atoms with Gasteiger partial charge in [0.25, 0.3) is 0 Å². The number of hydrogen-bond donors (Lipinski definition) is 1. The van der Waals surface area contributed by atoms with E-state index in [1.165, 1.54) is 4.31 Å². The van der Waals surface area contributed by atoms with E-state index in [2.05, 4.69) is 0 Å². The quantitative estimate of drug-likeness (QED) is 0.839. The lowest BCUT2D eigenvalue weighted by Crippen LogP contribution is -2.49. The van der Waals surface area contributed by atoms with Crippen molar-refractivity contribution >= 4 is 16.0 Å². The van der Waals surface area contributed by atoms with Gasteiger partial charge in [0, 0.05) is 12.6 Å². The lowest BCUT2D eigenvalue weighted by Gasteiger charge is -2.37. The molecule has 0 radical (unpaired) electrons.